The van der Waals surface area contributed by atoms with E-state index in [1.54, 1.807) is 6.07 Å². The monoisotopic (exact) mass is 566 g/mol. The molecule has 1 heterocycles. The minimum Gasteiger partial charge on any atom is -0.497 e. The third kappa shape index (κ3) is 5.11. The summed E-state index contributed by atoms with van der Waals surface area (Å²) in [7, 11) is -10.2. The Morgan fingerprint density at radius 3 is 1.65 bits per heavy atom. The summed E-state index contributed by atoms with van der Waals surface area (Å²) in [6.07, 6.45) is 2.20. The smallest absolute Gasteiger partial charge is 0.277 e. The van der Waals surface area contributed by atoms with Crippen LogP contribution in [0.4, 0.5) is 11.4 Å². The molecular weight excluding hydrogens is 540 g/mol. The summed E-state index contributed by atoms with van der Waals surface area (Å²) in [4.78, 5) is -0.578. The number of ether oxygens (including phenoxy) is 2. The Kier molecular flexibility index (Phi) is 7.14. The third-order valence-electron chi connectivity index (χ3n) is 5.91. The Labute approximate surface area is 217 Å². The second kappa shape index (κ2) is 9.88. The van der Waals surface area contributed by atoms with Crippen LogP contribution in [-0.4, -0.2) is 52.3 Å². The molecule has 1 aliphatic rings. The summed E-state index contributed by atoms with van der Waals surface area (Å²) >= 11 is 0. The first-order chi connectivity index (χ1) is 17.4. The lowest BCUT2D eigenvalue weighted by Crippen LogP contribution is -2.38. The molecule has 1 aliphatic heterocycles. The number of fused-ring (bicyclic) bond motifs is 1. The molecule has 0 unspecified atom stereocenters. The van der Waals surface area contributed by atoms with Gasteiger partial charge in [0.15, 0.2) is 0 Å². The topological polar surface area (TPSA) is 127 Å². The molecule has 0 radical (unpaired) electrons. The molecule has 0 saturated heterocycles. The van der Waals surface area contributed by atoms with Crippen LogP contribution < -0.4 is 17.5 Å². The van der Waals surface area contributed by atoms with Gasteiger partial charge in [-0.25, -0.2) is 25.3 Å². The molecule has 0 amide bonds. The van der Waals surface area contributed by atoms with Crippen molar-refractivity contribution in [2.24, 2.45) is 0 Å². The number of anilines is 2. The van der Waals surface area contributed by atoms with Crippen LogP contribution in [0.5, 0.6) is 11.5 Å². The van der Waals surface area contributed by atoms with E-state index in [4.69, 9.17) is 9.47 Å². The molecule has 4 rings (SSSR count). The normalized spacial score (nSPS) is 14.1. The molecule has 0 aliphatic carbocycles. The van der Waals surface area contributed by atoms with Crippen LogP contribution in [0.2, 0.25) is 0 Å². The van der Waals surface area contributed by atoms with Crippen molar-refractivity contribution in [3.8, 4) is 11.5 Å². The van der Waals surface area contributed by atoms with E-state index in [-0.39, 0.29) is 27.7 Å². The van der Waals surface area contributed by atoms with Crippen LogP contribution in [0.3, 0.4) is 0 Å². The average Bonchev–Trinajstić information content (AvgIpc) is 2.87. The highest BCUT2D eigenvalue weighted by molar-refractivity contribution is 8.10. The molecule has 3 aromatic carbocycles. The largest absolute Gasteiger partial charge is 0.497 e. The predicted octanol–water partition coefficient (Wildman–Crippen LogP) is 3.00. The van der Waals surface area contributed by atoms with Crippen molar-refractivity contribution in [2.75, 3.05) is 35.0 Å². The Bertz CT molecular complexity index is 1540. The van der Waals surface area contributed by atoms with Crippen molar-refractivity contribution < 1.29 is 34.7 Å². The first-order valence-electron chi connectivity index (χ1n) is 11.1. The number of methoxy groups -OCH3 is 2. The van der Waals surface area contributed by atoms with Crippen molar-refractivity contribution >= 4 is 41.4 Å². The fourth-order valence-electron chi connectivity index (χ4n) is 4.08. The van der Waals surface area contributed by atoms with Crippen LogP contribution in [0.25, 0.3) is 0 Å². The zero-order chi connectivity index (χ0) is 27.0. The number of aryl methyl sites for hydroxylation is 1. The van der Waals surface area contributed by atoms with Gasteiger partial charge < -0.3 is 9.47 Å². The van der Waals surface area contributed by atoms with E-state index in [2.05, 4.69) is 0 Å². The van der Waals surface area contributed by atoms with Gasteiger partial charge in [-0.2, -0.15) is 3.71 Å². The van der Waals surface area contributed by atoms with Crippen molar-refractivity contribution in [3.05, 3.63) is 72.3 Å². The first kappa shape index (κ1) is 26.8. The number of hydrogen-bond acceptors (Lipinski definition) is 8. The number of hydrogen-bond donors (Lipinski definition) is 0. The minimum atomic E-state index is -4.69. The van der Waals surface area contributed by atoms with Crippen LogP contribution in [0.1, 0.15) is 12.0 Å². The predicted molar refractivity (Wildman–Crippen MR) is 140 cm³/mol. The summed E-state index contributed by atoms with van der Waals surface area (Å²) in [5.74, 6) is 0.780. The van der Waals surface area contributed by atoms with Gasteiger partial charge in [0.05, 0.1) is 41.6 Å². The zero-order valence-corrected chi connectivity index (χ0v) is 22.8. The molecule has 10 nitrogen and oxygen atoms in total. The van der Waals surface area contributed by atoms with Crippen molar-refractivity contribution in [1.29, 1.82) is 0 Å². The van der Waals surface area contributed by atoms with Gasteiger partial charge in [0.25, 0.3) is 20.0 Å². The van der Waals surface area contributed by atoms with E-state index in [0.29, 0.717) is 33.6 Å². The highest BCUT2D eigenvalue weighted by Gasteiger charge is 2.38. The van der Waals surface area contributed by atoms with Crippen molar-refractivity contribution in [3.63, 3.8) is 0 Å². The maximum atomic E-state index is 13.9. The number of nitrogens with zero attached hydrogens (tertiary/aromatic N) is 2. The number of sulfonamides is 3. The second-order valence-electron chi connectivity index (χ2n) is 8.31. The van der Waals surface area contributed by atoms with Gasteiger partial charge in [0.2, 0.25) is 10.0 Å². The maximum Gasteiger partial charge on any atom is 0.277 e. The van der Waals surface area contributed by atoms with Crippen LogP contribution in [-0.2, 0) is 36.5 Å². The summed E-state index contributed by atoms with van der Waals surface area (Å²) in [5, 5.41) is 0. The number of rotatable bonds is 8. The quantitative estimate of drug-likeness (QED) is 0.407. The Balaban J connectivity index is 1.95. The SMILES string of the molecule is COc1ccc(S(=O)(=O)N(c2ccc3c(c2)N(S(C)(=O)=O)CCC3)S(=O)(=O)c2ccc(OC)cc2)cc1. The summed E-state index contributed by atoms with van der Waals surface area (Å²) in [6, 6.07) is 14.8. The lowest BCUT2D eigenvalue weighted by Gasteiger charge is -2.31. The van der Waals surface area contributed by atoms with Gasteiger partial charge in [-0.3, -0.25) is 4.31 Å². The van der Waals surface area contributed by atoms with Crippen molar-refractivity contribution in [1.82, 2.24) is 0 Å². The summed E-state index contributed by atoms with van der Waals surface area (Å²) in [6.45, 7) is 0.200. The number of benzene rings is 3. The first-order valence-corrected chi connectivity index (χ1v) is 15.8. The third-order valence-corrected chi connectivity index (χ3v) is 11.3. The molecule has 0 atom stereocenters. The molecule has 0 N–H and O–H groups in total. The summed E-state index contributed by atoms with van der Waals surface area (Å²) in [5.41, 5.74) is 0.691. The highest BCUT2D eigenvalue weighted by Crippen LogP contribution is 2.37. The molecule has 0 spiro atoms. The van der Waals surface area contributed by atoms with Crippen LogP contribution >= 0.6 is 0 Å². The Hall–Kier alpha value is -3.29. The second-order valence-corrected chi connectivity index (χ2v) is 14.0. The van der Waals surface area contributed by atoms with E-state index < -0.39 is 30.1 Å². The highest BCUT2D eigenvalue weighted by atomic mass is 32.3. The molecular formula is C24H26N2O8S3. The lowest BCUT2D eigenvalue weighted by atomic mass is 10.0. The van der Waals surface area contributed by atoms with Gasteiger partial charge in [-0.05, 0) is 79.1 Å². The molecule has 0 bridgehead atoms. The van der Waals surface area contributed by atoms with E-state index in [1.807, 2.05) is 0 Å². The van der Waals surface area contributed by atoms with E-state index in [0.717, 1.165) is 10.6 Å². The summed E-state index contributed by atoms with van der Waals surface area (Å²) < 4.78 is 92.0. The average molecular weight is 567 g/mol. The Morgan fingerprint density at radius 1 is 0.730 bits per heavy atom. The van der Waals surface area contributed by atoms with E-state index in [9.17, 15) is 25.3 Å². The van der Waals surface area contributed by atoms with Gasteiger partial charge in [0, 0.05) is 6.54 Å². The van der Waals surface area contributed by atoms with Crippen LogP contribution in [0.15, 0.2) is 76.5 Å². The molecule has 0 aromatic heterocycles. The van der Waals surface area contributed by atoms with E-state index in [1.165, 1.54) is 74.9 Å². The van der Waals surface area contributed by atoms with Gasteiger partial charge in [-0.1, -0.05) is 6.07 Å². The molecule has 13 heteroatoms. The zero-order valence-electron chi connectivity index (χ0n) is 20.4. The molecule has 198 valence electrons. The van der Waals surface area contributed by atoms with Gasteiger partial charge in [0.1, 0.15) is 11.5 Å². The molecule has 37 heavy (non-hydrogen) atoms. The van der Waals surface area contributed by atoms with E-state index >= 15 is 0 Å². The minimum absolute atomic E-state index is 0.200. The molecule has 0 fully saturated rings. The maximum absolute atomic E-state index is 13.9. The standard InChI is InChI=1S/C24H26N2O8S3/c1-33-20-8-12-22(13-9-20)36(29,30)26(37(31,32)23-14-10-21(34-2)11-15-23)19-7-6-18-5-4-16-25(24(18)17-19)35(3,27)28/h6-15,17H,4-5,16H2,1-3H3. The van der Waals surface area contributed by atoms with Gasteiger partial charge >= 0.3 is 0 Å². The Morgan fingerprint density at radius 2 is 1.22 bits per heavy atom. The molecule has 3 aromatic rings. The fourth-order valence-corrected chi connectivity index (χ4v) is 8.74. The lowest BCUT2D eigenvalue weighted by molar-refractivity contribution is 0.414. The van der Waals surface area contributed by atoms with Crippen LogP contribution in [0, 0.1) is 0 Å². The fraction of sp³-hybridized carbons (Fsp3) is 0.250. The molecule has 0 saturated carbocycles. The van der Waals surface area contributed by atoms with Crippen molar-refractivity contribution in [2.45, 2.75) is 22.6 Å². The van der Waals surface area contributed by atoms with Gasteiger partial charge in [-0.15, -0.1) is 0 Å².